The number of nitrogens with one attached hydrogen (secondary N) is 2. The van der Waals surface area contributed by atoms with Crippen LogP contribution < -0.4 is 15.6 Å². The lowest BCUT2D eigenvalue weighted by Gasteiger charge is -2.30. The molecule has 4 aromatic rings. The van der Waals surface area contributed by atoms with Gasteiger partial charge in [-0.15, -0.1) is 5.10 Å². The number of nitrogens with zero attached hydrogens (tertiary/aromatic N) is 5. The van der Waals surface area contributed by atoms with Gasteiger partial charge in [-0.2, -0.15) is 0 Å². The molecule has 3 heterocycles. The van der Waals surface area contributed by atoms with Gasteiger partial charge in [-0.1, -0.05) is 29.5 Å². The largest absolute Gasteiger partial charge is 0.375 e. The molecule has 1 aliphatic heterocycles. The van der Waals surface area contributed by atoms with Gasteiger partial charge >= 0.3 is 0 Å². The van der Waals surface area contributed by atoms with Crippen LogP contribution in [-0.2, 0) is 24.8 Å². The van der Waals surface area contributed by atoms with Gasteiger partial charge in [-0.3, -0.25) is 0 Å². The van der Waals surface area contributed by atoms with Gasteiger partial charge in [0.05, 0.1) is 28.5 Å². The molecule has 37 heavy (non-hydrogen) atoms. The highest BCUT2D eigenvalue weighted by atomic mass is 32.2. The van der Waals surface area contributed by atoms with Crippen molar-refractivity contribution in [2.75, 3.05) is 39.0 Å². The highest BCUT2D eigenvalue weighted by molar-refractivity contribution is 7.92. The summed E-state index contributed by atoms with van der Waals surface area (Å²) in [5.41, 5.74) is 7.10. The second-order valence-corrected chi connectivity index (χ2v) is 12.7. The second-order valence-electron chi connectivity index (χ2n) is 8.42. The normalized spacial score (nSPS) is 17.4. The third-order valence-electron chi connectivity index (χ3n) is 5.85. The fourth-order valence-corrected chi connectivity index (χ4v) is 7.67. The van der Waals surface area contributed by atoms with Crippen LogP contribution in [0.15, 0.2) is 40.1 Å². The number of thiazole rings is 1. The minimum absolute atomic E-state index is 0.0604. The molecule has 1 unspecified atom stereocenters. The van der Waals surface area contributed by atoms with Crippen LogP contribution in [0, 0.1) is 0 Å². The van der Waals surface area contributed by atoms with Crippen LogP contribution in [0.25, 0.3) is 32.7 Å². The average molecular weight is 566 g/mol. The van der Waals surface area contributed by atoms with Crippen molar-refractivity contribution in [3.05, 3.63) is 30.3 Å². The van der Waals surface area contributed by atoms with Gasteiger partial charge in [0, 0.05) is 25.2 Å². The lowest BCUT2D eigenvalue weighted by atomic mass is 9.98. The molecule has 0 aliphatic carbocycles. The van der Waals surface area contributed by atoms with Crippen molar-refractivity contribution in [3.8, 4) is 22.5 Å². The number of aromatic amines is 1. The molecule has 0 radical (unpaired) electrons. The van der Waals surface area contributed by atoms with Crippen molar-refractivity contribution in [1.29, 1.82) is 0 Å². The van der Waals surface area contributed by atoms with E-state index in [1.165, 1.54) is 23.5 Å². The van der Waals surface area contributed by atoms with E-state index in [9.17, 15) is 16.8 Å². The maximum Gasteiger partial charge on any atom is 0.242 e. The summed E-state index contributed by atoms with van der Waals surface area (Å²) in [5.74, 6) is -0.0893. The van der Waals surface area contributed by atoms with Crippen LogP contribution in [0.4, 0.5) is 5.13 Å². The van der Waals surface area contributed by atoms with Crippen LogP contribution in [0.5, 0.6) is 0 Å². The molecule has 6 N–H and O–H groups in total. The summed E-state index contributed by atoms with van der Waals surface area (Å²) in [4.78, 5) is 5.18. The van der Waals surface area contributed by atoms with Crippen molar-refractivity contribution in [3.63, 3.8) is 0 Å². The second kappa shape index (κ2) is 9.67. The zero-order valence-corrected chi connectivity index (χ0v) is 21.9. The number of benzene rings is 2. The molecule has 2 aromatic carbocycles. The van der Waals surface area contributed by atoms with Crippen LogP contribution >= 0.6 is 11.3 Å². The predicted octanol–water partition coefficient (Wildman–Crippen LogP) is -0.0181. The first-order valence-electron chi connectivity index (χ1n) is 10.9. The molecular weight excluding hydrogens is 542 g/mol. The predicted molar refractivity (Wildman–Crippen MR) is 136 cm³/mol. The molecular formula is C20H23N9O5S3. The number of morpholine rings is 1. The minimum Gasteiger partial charge on any atom is -0.375 e. The summed E-state index contributed by atoms with van der Waals surface area (Å²) in [6.07, 6.45) is -0.406. The number of para-hydroxylation sites is 1. The molecule has 0 saturated carbocycles. The summed E-state index contributed by atoms with van der Waals surface area (Å²) in [7, 11) is -7.09. The first-order valence-corrected chi connectivity index (χ1v) is 14.8. The SMILES string of the molecule is CN1CCOC(CNS(=O)(=O)c2ccc(-c3cccc4sc(N)nc34)c(-c3nnn[nH]3)c2S(N)(=O)=O)C1. The number of likely N-dealkylation sites (N-methyl/N-ethyl adjacent to an activating group) is 1. The van der Waals surface area contributed by atoms with Crippen LogP contribution in [0.2, 0.25) is 0 Å². The van der Waals surface area contributed by atoms with Crippen molar-refractivity contribution in [2.24, 2.45) is 5.14 Å². The number of nitrogens with two attached hydrogens (primary N) is 2. The summed E-state index contributed by atoms with van der Waals surface area (Å²) < 4.78 is 61.6. The highest BCUT2D eigenvalue weighted by Crippen LogP contribution is 2.41. The topological polar surface area (TPSA) is 212 Å². The van der Waals surface area contributed by atoms with E-state index >= 15 is 0 Å². The molecule has 1 atom stereocenters. The van der Waals surface area contributed by atoms with Crippen LogP contribution in [0.1, 0.15) is 0 Å². The van der Waals surface area contributed by atoms with Gasteiger partial charge in [0.15, 0.2) is 11.0 Å². The summed E-state index contributed by atoms with van der Waals surface area (Å²) in [6.45, 7) is 1.63. The number of anilines is 1. The van der Waals surface area contributed by atoms with Crippen LogP contribution in [0.3, 0.4) is 0 Å². The lowest BCUT2D eigenvalue weighted by molar-refractivity contribution is -0.0156. The Morgan fingerprint density at radius 1 is 1.22 bits per heavy atom. The minimum atomic E-state index is -4.62. The summed E-state index contributed by atoms with van der Waals surface area (Å²) in [6, 6.07) is 7.93. The van der Waals surface area contributed by atoms with Gasteiger partial charge in [0.2, 0.25) is 20.0 Å². The number of primary sulfonamides is 1. The molecule has 1 saturated heterocycles. The third kappa shape index (κ3) is 5.06. The average Bonchev–Trinajstić information content (AvgIpc) is 3.50. The number of sulfonamides is 2. The molecule has 0 bridgehead atoms. The number of hydrogen-bond donors (Lipinski definition) is 4. The van der Waals surface area contributed by atoms with E-state index in [0.717, 1.165) is 11.2 Å². The Hall–Kier alpha value is -3.06. The molecule has 17 heteroatoms. The highest BCUT2D eigenvalue weighted by Gasteiger charge is 2.33. The fourth-order valence-electron chi connectivity index (χ4n) is 4.24. The van der Waals surface area contributed by atoms with Crippen molar-refractivity contribution < 1.29 is 21.6 Å². The molecule has 2 aromatic heterocycles. The zero-order chi connectivity index (χ0) is 26.4. The van der Waals surface area contributed by atoms with E-state index in [1.54, 1.807) is 12.1 Å². The van der Waals surface area contributed by atoms with E-state index in [2.05, 4.69) is 30.3 Å². The zero-order valence-electron chi connectivity index (χ0n) is 19.4. The number of ether oxygens (including phenoxy) is 1. The maximum atomic E-state index is 13.4. The number of H-pyrrole nitrogens is 1. The number of hydrogen-bond acceptors (Lipinski definition) is 12. The van der Waals surface area contributed by atoms with E-state index in [-0.39, 0.29) is 17.9 Å². The lowest BCUT2D eigenvalue weighted by Crippen LogP contribution is -2.46. The molecule has 1 fully saturated rings. The third-order valence-corrected chi connectivity index (χ3v) is 9.28. The van der Waals surface area contributed by atoms with Gasteiger partial charge in [-0.05, 0) is 35.2 Å². The smallest absolute Gasteiger partial charge is 0.242 e. The number of rotatable bonds is 7. The molecule has 196 valence electrons. The summed E-state index contributed by atoms with van der Waals surface area (Å²) in [5, 5.41) is 19.4. The Labute approximate surface area is 216 Å². The van der Waals surface area contributed by atoms with Gasteiger partial charge < -0.3 is 15.4 Å². The number of aromatic nitrogens is 5. The fraction of sp³-hybridized carbons (Fsp3) is 0.300. The van der Waals surface area contributed by atoms with E-state index in [4.69, 9.17) is 15.6 Å². The quantitative estimate of drug-likeness (QED) is 0.234. The van der Waals surface area contributed by atoms with Crippen molar-refractivity contribution >= 4 is 46.7 Å². The van der Waals surface area contributed by atoms with Gasteiger partial charge in [0.1, 0.15) is 9.79 Å². The van der Waals surface area contributed by atoms with Crippen molar-refractivity contribution in [2.45, 2.75) is 15.9 Å². The molecule has 1 aliphatic rings. The molecule has 0 amide bonds. The Morgan fingerprint density at radius 3 is 2.73 bits per heavy atom. The van der Waals surface area contributed by atoms with E-state index in [1.807, 2.05) is 18.0 Å². The van der Waals surface area contributed by atoms with E-state index in [0.29, 0.717) is 34.9 Å². The van der Waals surface area contributed by atoms with E-state index < -0.39 is 35.9 Å². The van der Waals surface area contributed by atoms with Crippen molar-refractivity contribution in [1.82, 2.24) is 35.2 Å². The number of tetrazole rings is 1. The Kier molecular flexibility index (Phi) is 6.69. The Balaban J connectivity index is 1.70. The Morgan fingerprint density at radius 2 is 2.03 bits per heavy atom. The first kappa shape index (κ1) is 25.6. The number of nitrogen functional groups attached to an aromatic ring is 1. The van der Waals surface area contributed by atoms with Gasteiger partial charge in [0.25, 0.3) is 0 Å². The van der Waals surface area contributed by atoms with Gasteiger partial charge in [-0.25, -0.2) is 36.8 Å². The standard InChI is InChI=1S/C20H23N9O5S3/c1-29-7-8-34-11(10-29)9-23-37(32,33)15-6-5-12(13-3-2-4-14-17(13)24-20(21)35-14)16(18(15)36(22,30)31)19-25-27-28-26-19/h2-6,11,23H,7-10H2,1H3,(H2,21,24)(H2,22,30,31)(H,25,26,27,28). The molecule has 0 spiro atoms. The van der Waals surface area contributed by atoms with Crippen LogP contribution in [-0.4, -0.2) is 86.7 Å². The first-order chi connectivity index (χ1) is 17.5. The number of fused-ring (bicyclic) bond motifs is 1. The molecule has 5 rings (SSSR count). The molecule has 14 nitrogen and oxygen atoms in total. The maximum absolute atomic E-state index is 13.4. The summed E-state index contributed by atoms with van der Waals surface area (Å²) >= 11 is 1.26. The Bertz CT molecular complexity index is 1670. The monoisotopic (exact) mass is 565 g/mol.